The standard InChI is InChI=1S/C11H13N5O6/c12-7-4-8(14-2-13-7)16(3-15-4)9-5(18)6(19)11(1-17,22-9)10(20)21/h2-3,5-6,9,17-19H,1H2,(H,20,21)(H2,12,13,14)/t5-,6+,9-,11-/m1/s1. The maximum Gasteiger partial charge on any atom is 0.341 e. The molecule has 0 unspecified atom stereocenters. The van der Waals surface area contributed by atoms with Crippen molar-refractivity contribution in [3.8, 4) is 0 Å². The van der Waals surface area contributed by atoms with Gasteiger partial charge in [0.05, 0.1) is 12.9 Å². The highest BCUT2D eigenvalue weighted by Crippen LogP contribution is 2.38. The first kappa shape index (κ1) is 14.6. The Morgan fingerprint density at radius 3 is 2.73 bits per heavy atom. The van der Waals surface area contributed by atoms with Gasteiger partial charge < -0.3 is 30.9 Å². The summed E-state index contributed by atoms with van der Waals surface area (Å²) in [4.78, 5) is 23.0. The molecule has 0 radical (unpaired) electrons. The van der Waals surface area contributed by atoms with E-state index in [-0.39, 0.29) is 17.0 Å². The normalized spacial score (nSPS) is 31.7. The number of carbonyl (C=O) groups is 1. The number of rotatable bonds is 3. The molecule has 0 aliphatic carbocycles. The maximum absolute atomic E-state index is 11.3. The molecule has 1 aliphatic rings. The zero-order chi connectivity index (χ0) is 16.1. The van der Waals surface area contributed by atoms with E-state index in [1.807, 2.05) is 0 Å². The van der Waals surface area contributed by atoms with Crippen LogP contribution < -0.4 is 5.73 Å². The zero-order valence-corrected chi connectivity index (χ0v) is 11.1. The van der Waals surface area contributed by atoms with E-state index in [1.165, 1.54) is 17.2 Å². The lowest BCUT2D eigenvalue weighted by molar-refractivity contribution is -0.183. The Bertz CT molecular complexity index is 735. The smallest absolute Gasteiger partial charge is 0.341 e. The first-order valence-corrected chi connectivity index (χ1v) is 6.23. The fourth-order valence-corrected chi connectivity index (χ4v) is 2.44. The largest absolute Gasteiger partial charge is 0.479 e. The second kappa shape index (κ2) is 4.84. The fourth-order valence-electron chi connectivity index (χ4n) is 2.44. The number of ether oxygens (including phenoxy) is 1. The Labute approximate surface area is 122 Å². The van der Waals surface area contributed by atoms with E-state index in [1.54, 1.807) is 0 Å². The summed E-state index contributed by atoms with van der Waals surface area (Å²) in [6.45, 7) is -1.01. The van der Waals surface area contributed by atoms with Crippen LogP contribution >= 0.6 is 0 Å². The highest BCUT2D eigenvalue weighted by Gasteiger charge is 2.60. The van der Waals surface area contributed by atoms with Crippen LogP contribution in [0.1, 0.15) is 6.23 Å². The average Bonchev–Trinajstić information content (AvgIpc) is 3.02. The number of nitrogens with two attached hydrogens (primary N) is 1. The SMILES string of the molecule is Nc1ncnc2c1ncn2[C@@H]1O[C@@](CO)(C(=O)O)[C@@H](O)[C@H]1O. The van der Waals surface area contributed by atoms with Crippen LogP contribution in [0.3, 0.4) is 0 Å². The summed E-state index contributed by atoms with van der Waals surface area (Å²) in [5.41, 5.74) is 3.75. The molecule has 1 aliphatic heterocycles. The van der Waals surface area contributed by atoms with Crippen LogP contribution in [-0.4, -0.2) is 70.3 Å². The third-order valence-electron chi connectivity index (χ3n) is 3.68. The van der Waals surface area contributed by atoms with Gasteiger partial charge in [0.1, 0.15) is 24.1 Å². The number of fused-ring (bicyclic) bond motifs is 1. The molecule has 1 fully saturated rings. The number of aromatic nitrogens is 4. The maximum atomic E-state index is 11.3. The van der Waals surface area contributed by atoms with Gasteiger partial charge >= 0.3 is 5.97 Å². The van der Waals surface area contributed by atoms with Crippen molar-refractivity contribution in [2.45, 2.75) is 24.0 Å². The summed E-state index contributed by atoms with van der Waals surface area (Å²) in [5, 5.41) is 38.6. The van der Waals surface area contributed by atoms with Gasteiger partial charge in [0.25, 0.3) is 0 Å². The van der Waals surface area contributed by atoms with E-state index in [9.17, 15) is 25.2 Å². The molecule has 0 spiro atoms. The lowest BCUT2D eigenvalue weighted by Crippen LogP contribution is -2.52. The number of nitrogens with zero attached hydrogens (tertiary/aromatic N) is 4. The number of aliphatic hydroxyl groups excluding tert-OH is 3. The lowest BCUT2D eigenvalue weighted by Gasteiger charge is -2.24. The van der Waals surface area contributed by atoms with Gasteiger partial charge in [-0.15, -0.1) is 0 Å². The Hall–Kier alpha value is -2.34. The summed E-state index contributed by atoms with van der Waals surface area (Å²) >= 11 is 0. The van der Waals surface area contributed by atoms with Crippen molar-refractivity contribution in [2.75, 3.05) is 12.3 Å². The molecule has 0 aromatic carbocycles. The number of aliphatic carboxylic acids is 1. The van der Waals surface area contributed by atoms with Crippen molar-refractivity contribution in [1.29, 1.82) is 0 Å². The predicted molar refractivity (Wildman–Crippen MR) is 69.3 cm³/mol. The summed E-state index contributed by atoms with van der Waals surface area (Å²) in [6, 6.07) is 0. The number of imidazole rings is 1. The van der Waals surface area contributed by atoms with Gasteiger partial charge in [-0.2, -0.15) is 0 Å². The summed E-state index contributed by atoms with van der Waals surface area (Å²) in [5.74, 6) is -1.49. The quantitative estimate of drug-likeness (QED) is 0.406. The molecule has 6 N–H and O–H groups in total. The molecule has 0 bridgehead atoms. The van der Waals surface area contributed by atoms with Crippen LogP contribution in [0.2, 0.25) is 0 Å². The Morgan fingerprint density at radius 1 is 1.41 bits per heavy atom. The number of anilines is 1. The molecule has 22 heavy (non-hydrogen) atoms. The number of hydrogen-bond donors (Lipinski definition) is 5. The molecule has 1 saturated heterocycles. The Balaban J connectivity index is 2.08. The Morgan fingerprint density at radius 2 is 2.14 bits per heavy atom. The summed E-state index contributed by atoms with van der Waals surface area (Å²) in [6.07, 6.45) is -2.36. The minimum absolute atomic E-state index is 0.100. The molecule has 2 aromatic heterocycles. The second-order valence-corrected chi connectivity index (χ2v) is 4.88. The van der Waals surface area contributed by atoms with Crippen molar-refractivity contribution in [2.24, 2.45) is 0 Å². The molecular formula is C11H13N5O6. The van der Waals surface area contributed by atoms with Gasteiger partial charge in [0, 0.05) is 0 Å². The van der Waals surface area contributed by atoms with Crippen LogP contribution in [0.15, 0.2) is 12.7 Å². The highest BCUT2D eigenvalue weighted by atomic mass is 16.6. The summed E-state index contributed by atoms with van der Waals surface area (Å²) < 4.78 is 6.47. The van der Waals surface area contributed by atoms with Crippen molar-refractivity contribution in [3.63, 3.8) is 0 Å². The van der Waals surface area contributed by atoms with Crippen molar-refractivity contribution in [1.82, 2.24) is 19.5 Å². The van der Waals surface area contributed by atoms with Gasteiger partial charge in [-0.1, -0.05) is 0 Å². The van der Waals surface area contributed by atoms with Crippen LogP contribution in [0.25, 0.3) is 11.2 Å². The molecule has 11 heteroatoms. The Kier molecular flexibility index (Phi) is 3.21. The monoisotopic (exact) mass is 311 g/mol. The molecular weight excluding hydrogens is 298 g/mol. The molecule has 2 aromatic rings. The second-order valence-electron chi connectivity index (χ2n) is 4.88. The topological polar surface area (TPSA) is 177 Å². The van der Waals surface area contributed by atoms with E-state index in [4.69, 9.17) is 10.5 Å². The molecule has 118 valence electrons. The van der Waals surface area contributed by atoms with Crippen molar-refractivity contribution >= 4 is 23.0 Å². The van der Waals surface area contributed by atoms with Crippen molar-refractivity contribution in [3.05, 3.63) is 12.7 Å². The average molecular weight is 311 g/mol. The zero-order valence-electron chi connectivity index (χ0n) is 11.1. The number of aliphatic hydroxyl groups is 3. The van der Waals surface area contributed by atoms with E-state index in [0.717, 1.165) is 0 Å². The van der Waals surface area contributed by atoms with E-state index in [0.29, 0.717) is 0 Å². The number of nitrogen functional groups attached to an aromatic ring is 1. The fraction of sp³-hybridized carbons (Fsp3) is 0.455. The molecule has 3 rings (SSSR count). The van der Waals surface area contributed by atoms with E-state index >= 15 is 0 Å². The van der Waals surface area contributed by atoms with Gasteiger partial charge in [-0.25, -0.2) is 19.7 Å². The van der Waals surface area contributed by atoms with Gasteiger partial charge in [0.2, 0.25) is 5.60 Å². The van der Waals surface area contributed by atoms with Gasteiger partial charge in [-0.05, 0) is 0 Å². The third-order valence-corrected chi connectivity index (χ3v) is 3.68. The van der Waals surface area contributed by atoms with Crippen LogP contribution in [0, 0.1) is 0 Å². The van der Waals surface area contributed by atoms with Crippen LogP contribution in [0.4, 0.5) is 5.82 Å². The molecule has 0 amide bonds. The van der Waals surface area contributed by atoms with E-state index in [2.05, 4.69) is 15.0 Å². The van der Waals surface area contributed by atoms with Crippen LogP contribution in [0.5, 0.6) is 0 Å². The number of carboxylic acids is 1. The molecule has 4 atom stereocenters. The van der Waals surface area contributed by atoms with E-state index < -0.39 is 36.6 Å². The number of carboxylic acid groups (broad SMARTS) is 1. The molecule has 3 heterocycles. The molecule has 0 saturated carbocycles. The van der Waals surface area contributed by atoms with Gasteiger partial charge in [-0.3, -0.25) is 4.57 Å². The van der Waals surface area contributed by atoms with Crippen LogP contribution in [-0.2, 0) is 9.53 Å². The number of hydrogen-bond acceptors (Lipinski definition) is 9. The van der Waals surface area contributed by atoms with Gasteiger partial charge in [0.15, 0.2) is 17.7 Å². The lowest BCUT2D eigenvalue weighted by atomic mass is 9.96. The molecule has 11 nitrogen and oxygen atoms in total. The minimum atomic E-state index is -2.33. The highest BCUT2D eigenvalue weighted by molar-refractivity contribution is 5.81. The van der Waals surface area contributed by atoms with Crippen molar-refractivity contribution < 1.29 is 30.0 Å². The third kappa shape index (κ3) is 1.77. The summed E-state index contributed by atoms with van der Waals surface area (Å²) in [7, 11) is 0. The minimum Gasteiger partial charge on any atom is -0.479 e. The predicted octanol–water partition coefficient (Wildman–Crippen LogP) is -2.53. The first-order valence-electron chi connectivity index (χ1n) is 6.23. The first-order chi connectivity index (χ1) is 10.4.